The molecule has 0 unspecified atom stereocenters. The molecule has 0 aromatic heterocycles. The van der Waals surface area contributed by atoms with Gasteiger partial charge >= 0.3 is 0 Å². The van der Waals surface area contributed by atoms with Gasteiger partial charge in [0, 0.05) is 44.1 Å². The molecule has 6 heteroatoms. The molecular formula is C17H27ClN4O. The van der Waals surface area contributed by atoms with Crippen molar-refractivity contribution in [3.05, 3.63) is 24.3 Å². The lowest BCUT2D eigenvalue weighted by atomic mass is 10.2. The van der Waals surface area contributed by atoms with Crippen molar-refractivity contribution in [1.29, 1.82) is 0 Å². The van der Waals surface area contributed by atoms with Crippen molar-refractivity contribution in [2.75, 3.05) is 56.5 Å². The number of amides is 1. The summed E-state index contributed by atoms with van der Waals surface area (Å²) in [5.41, 5.74) is 2.08. The fourth-order valence-electron chi connectivity index (χ4n) is 3.00. The molecular weight excluding hydrogens is 312 g/mol. The van der Waals surface area contributed by atoms with Crippen LogP contribution < -0.4 is 15.5 Å². The molecule has 1 aromatic rings. The van der Waals surface area contributed by atoms with Crippen LogP contribution in [-0.2, 0) is 4.79 Å². The number of carbonyl (C=O) groups excluding carboxylic acids is 1. The number of anilines is 2. The molecule has 23 heavy (non-hydrogen) atoms. The summed E-state index contributed by atoms with van der Waals surface area (Å²) in [5, 5.41) is 5.79. The van der Waals surface area contributed by atoms with E-state index in [1.807, 2.05) is 12.1 Å². The van der Waals surface area contributed by atoms with Crippen LogP contribution in [0.1, 0.15) is 12.8 Å². The smallest absolute Gasteiger partial charge is 0.238 e. The Balaban J connectivity index is 0.00000192. The number of rotatable bonds is 6. The molecule has 2 aliphatic rings. The highest BCUT2D eigenvalue weighted by Gasteiger charge is 2.26. The zero-order valence-electron chi connectivity index (χ0n) is 13.8. The number of halogens is 1. The third kappa shape index (κ3) is 5.37. The Hall–Kier alpha value is -1.30. The summed E-state index contributed by atoms with van der Waals surface area (Å²) >= 11 is 0. The van der Waals surface area contributed by atoms with Gasteiger partial charge in [0.25, 0.3) is 0 Å². The van der Waals surface area contributed by atoms with Crippen molar-refractivity contribution in [2.45, 2.75) is 12.8 Å². The van der Waals surface area contributed by atoms with Crippen molar-refractivity contribution in [1.82, 2.24) is 10.2 Å². The second-order valence-corrected chi connectivity index (χ2v) is 6.36. The maximum absolute atomic E-state index is 11.7. The number of benzene rings is 1. The maximum Gasteiger partial charge on any atom is 0.238 e. The van der Waals surface area contributed by atoms with E-state index in [0.29, 0.717) is 6.54 Å². The number of likely N-dealkylation sites (N-methyl/N-ethyl adjacent to an activating group) is 1. The summed E-state index contributed by atoms with van der Waals surface area (Å²) in [7, 11) is 1.77. The molecule has 3 rings (SSSR count). The third-order valence-electron chi connectivity index (χ3n) is 4.42. The molecule has 0 atom stereocenters. The zero-order valence-corrected chi connectivity index (χ0v) is 14.6. The van der Waals surface area contributed by atoms with Gasteiger partial charge in [0.15, 0.2) is 0 Å². The molecule has 1 aliphatic carbocycles. The van der Waals surface area contributed by atoms with E-state index in [0.717, 1.165) is 37.8 Å². The number of nitrogens with one attached hydrogen (secondary N) is 2. The van der Waals surface area contributed by atoms with Gasteiger partial charge in [0.05, 0.1) is 6.54 Å². The first-order chi connectivity index (χ1) is 10.7. The number of piperazine rings is 1. The Bertz CT molecular complexity index is 513. The molecule has 2 N–H and O–H groups in total. The van der Waals surface area contributed by atoms with E-state index in [-0.39, 0.29) is 18.3 Å². The maximum atomic E-state index is 11.7. The molecule has 1 saturated heterocycles. The van der Waals surface area contributed by atoms with Crippen LogP contribution in [0.25, 0.3) is 0 Å². The van der Waals surface area contributed by atoms with Crippen LogP contribution in [-0.4, -0.2) is 57.1 Å². The van der Waals surface area contributed by atoms with Gasteiger partial charge in [-0.25, -0.2) is 0 Å². The Labute approximate surface area is 144 Å². The number of hydrogen-bond donors (Lipinski definition) is 2. The van der Waals surface area contributed by atoms with Crippen molar-refractivity contribution >= 4 is 29.7 Å². The fraction of sp³-hybridized carbons (Fsp3) is 0.588. The lowest BCUT2D eigenvalue weighted by Crippen LogP contribution is -2.47. The average molecular weight is 339 g/mol. The lowest BCUT2D eigenvalue weighted by molar-refractivity contribution is -0.115. The lowest BCUT2D eigenvalue weighted by Gasteiger charge is -2.36. The van der Waals surface area contributed by atoms with Crippen molar-refractivity contribution < 1.29 is 4.79 Å². The standard InChI is InChI=1S/C17H26N4O.ClH/c1-18-12-17(22)19-15-3-2-4-16(11-15)21-9-7-20(8-10-21)13-14-5-6-14;/h2-4,11,14,18H,5-10,12-13H2,1H3,(H,19,22);1H. The van der Waals surface area contributed by atoms with Gasteiger partial charge in [0.1, 0.15) is 0 Å². The predicted molar refractivity (Wildman–Crippen MR) is 97.6 cm³/mol. The van der Waals surface area contributed by atoms with Crippen molar-refractivity contribution in [2.24, 2.45) is 5.92 Å². The van der Waals surface area contributed by atoms with Crippen LogP contribution in [0.5, 0.6) is 0 Å². The van der Waals surface area contributed by atoms with Crippen LogP contribution in [0, 0.1) is 5.92 Å². The molecule has 0 radical (unpaired) electrons. The highest BCUT2D eigenvalue weighted by molar-refractivity contribution is 5.92. The first-order valence-electron chi connectivity index (χ1n) is 8.26. The van der Waals surface area contributed by atoms with Gasteiger partial charge in [-0.05, 0) is 44.0 Å². The molecule has 0 spiro atoms. The summed E-state index contributed by atoms with van der Waals surface area (Å²) in [6, 6.07) is 8.16. The van der Waals surface area contributed by atoms with Crippen LogP contribution in [0.4, 0.5) is 11.4 Å². The van der Waals surface area contributed by atoms with Gasteiger partial charge in [0.2, 0.25) is 5.91 Å². The summed E-state index contributed by atoms with van der Waals surface area (Å²) in [6.07, 6.45) is 2.85. The third-order valence-corrected chi connectivity index (χ3v) is 4.42. The van der Waals surface area contributed by atoms with E-state index in [2.05, 4.69) is 32.6 Å². The highest BCUT2D eigenvalue weighted by Crippen LogP contribution is 2.30. The zero-order chi connectivity index (χ0) is 15.4. The largest absolute Gasteiger partial charge is 0.369 e. The number of carbonyl (C=O) groups is 1. The minimum Gasteiger partial charge on any atom is -0.369 e. The molecule has 128 valence electrons. The number of hydrogen-bond acceptors (Lipinski definition) is 4. The van der Waals surface area contributed by atoms with Gasteiger partial charge in [-0.3, -0.25) is 9.69 Å². The van der Waals surface area contributed by atoms with E-state index in [1.54, 1.807) is 7.05 Å². The Morgan fingerprint density at radius 2 is 1.96 bits per heavy atom. The SMILES string of the molecule is CNCC(=O)Nc1cccc(N2CCN(CC3CC3)CC2)c1.Cl. The molecule has 1 heterocycles. The van der Waals surface area contributed by atoms with Crippen LogP contribution >= 0.6 is 12.4 Å². The summed E-state index contributed by atoms with van der Waals surface area (Å²) in [4.78, 5) is 16.7. The summed E-state index contributed by atoms with van der Waals surface area (Å²) in [6.45, 7) is 6.05. The molecule has 2 fully saturated rings. The van der Waals surface area contributed by atoms with Gasteiger partial charge in [-0.15, -0.1) is 12.4 Å². The summed E-state index contributed by atoms with van der Waals surface area (Å²) < 4.78 is 0. The van der Waals surface area contributed by atoms with E-state index < -0.39 is 0 Å². The fourth-order valence-corrected chi connectivity index (χ4v) is 3.00. The molecule has 5 nitrogen and oxygen atoms in total. The Kier molecular flexibility index (Phi) is 6.69. The van der Waals surface area contributed by atoms with Crippen molar-refractivity contribution in [3.63, 3.8) is 0 Å². The molecule has 0 bridgehead atoms. The van der Waals surface area contributed by atoms with E-state index in [1.165, 1.54) is 25.1 Å². The van der Waals surface area contributed by atoms with E-state index in [9.17, 15) is 4.79 Å². The minimum absolute atomic E-state index is 0. The monoisotopic (exact) mass is 338 g/mol. The van der Waals surface area contributed by atoms with E-state index in [4.69, 9.17) is 0 Å². The minimum atomic E-state index is -0.00565. The predicted octanol–water partition coefficient (Wildman–Crippen LogP) is 1.80. The van der Waals surface area contributed by atoms with Gasteiger partial charge in [-0.1, -0.05) is 6.07 Å². The topological polar surface area (TPSA) is 47.6 Å². The second-order valence-electron chi connectivity index (χ2n) is 6.36. The van der Waals surface area contributed by atoms with Gasteiger partial charge in [-0.2, -0.15) is 0 Å². The van der Waals surface area contributed by atoms with Crippen molar-refractivity contribution in [3.8, 4) is 0 Å². The molecule has 1 saturated carbocycles. The first-order valence-corrected chi connectivity index (χ1v) is 8.26. The molecule has 1 amide bonds. The second kappa shape index (κ2) is 8.52. The molecule has 1 aromatic carbocycles. The normalized spacial score (nSPS) is 18.4. The van der Waals surface area contributed by atoms with Crippen LogP contribution in [0.3, 0.4) is 0 Å². The van der Waals surface area contributed by atoms with Crippen LogP contribution in [0.15, 0.2) is 24.3 Å². The highest BCUT2D eigenvalue weighted by atomic mass is 35.5. The Morgan fingerprint density at radius 3 is 2.61 bits per heavy atom. The first kappa shape index (κ1) is 18.0. The summed E-state index contributed by atoms with van der Waals surface area (Å²) in [5.74, 6) is 0.964. The Morgan fingerprint density at radius 1 is 1.22 bits per heavy atom. The average Bonchev–Trinajstić information content (AvgIpc) is 3.32. The quantitative estimate of drug-likeness (QED) is 0.830. The molecule has 1 aliphatic heterocycles. The van der Waals surface area contributed by atoms with Crippen LogP contribution in [0.2, 0.25) is 0 Å². The van der Waals surface area contributed by atoms with E-state index >= 15 is 0 Å². The van der Waals surface area contributed by atoms with Gasteiger partial charge < -0.3 is 15.5 Å². The number of nitrogens with zero attached hydrogens (tertiary/aromatic N) is 2.